The summed E-state index contributed by atoms with van der Waals surface area (Å²) in [5, 5.41) is 9.70. The van der Waals surface area contributed by atoms with Crippen molar-refractivity contribution in [2.45, 2.75) is 54.0 Å². The fraction of sp³-hybridized carbons (Fsp3) is 0.565. The molecule has 2 unspecified atom stereocenters. The van der Waals surface area contributed by atoms with Crippen LogP contribution in [0.25, 0.3) is 6.08 Å². The molecular formula is C23H30N4O2S2. The van der Waals surface area contributed by atoms with Crippen molar-refractivity contribution in [3.8, 4) is 6.07 Å². The number of pyridine rings is 1. The minimum Gasteiger partial charge on any atom is -0.357 e. The average molecular weight is 459 g/mol. The van der Waals surface area contributed by atoms with E-state index in [4.69, 9.17) is 12.2 Å². The second-order valence-electron chi connectivity index (χ2n) is 8.58. The zero-order valence-electron chi connectivity index (χ0n) is 18.9. The lowest BCUT2D eigenvalue weighted by Crippen LogP contribution is -2.42. The van der Waals surface area contributed by atoms with E-state index in [0.29, 0.717) is 39.7 Å². The Kier molecular flexibility index (Phi) is 7.28. The highest BCUT2D eigenvalue weighted by Gasteiger charge is 2.33. The van der Waals surface area contributed by atoms with Gasteiger partial charge in [0.25, 0.3) is 11.5 Å². The Hall–Kier alpha value is -2.11. The molecule has 1 aromatic heterocycles. The van der Waals surface area contributed by atoms with Gasteiger partial charge in [0.05, 0.1) is 4.91 Å². The predicted octanol–water partition coefficient (Wildman–Crippen LogP) is 4.14. The second-order valence-corrected chi connectivity index (χ2v) is 10.3. The smallest absolute Gasteiger partial charge is 0.270 e. The van der Waals surface area contributed by atoms with Gasteiger partial charge in [-0.15, -0.1) is 0 Å². The zero-order valence-corrected chi connectivity index (χ0v) is 20.5. The lowest BCUT2D eigenvalue weighted by atomic mass is 9.91. The number of thioether (sulfide) groups is 1. The lowest BCUT2D eigenvalue weighted by Gasteiger charge is -2.38. The van der Waals surface area contributed by atoms with Gasteiger partial charge >= 0.3 is 0 Å². The summed E-state index contributed by atoms with van der Waals surface area (Å²) in [6, 6.07) is 2.09. The molecule has 2 aliphatic heterocycles. The first-order valence-electron chi connectivity index (χ1n) is 10.9. The Morgan fingerprint density at radius 2 is 1.87 bits per heavy atom. The highest BCUT2D eigenvalue weighted by Crippen LogP contribution is 2.37. The molecule has 0 spiro atoms. The van der Waals surface area contributed by atoms with Crippen molar-refractivity contribution in [1.29, 1.82) is 5.26 Å². The van der Waals surface area contributed by atoms with Crippen LogP contribution in [0.5, 0.6) is 0 Å². The quantitative estimate of drug-likeness (QED) is 0.488. The molecule has 0 aromatic carbocycles. The number of nitrogens with zero attached hydrogens (tertiary/aromatic N) is 4. The maximum absolute atomic E-state index is 13.1. The number of hydrogen-bond donors (Lipinski definition) is 0. The highest BCUT2D eigenvalue weighted by molar-refractivity contribution is 8.26. The fourth-order valence-electron chi connectivity index (χ4n) is 4.66. The minimum atomic E-state index is -0.265. The molecule has 0 bridgehead atoms. The third kappa shape index (κ3) is 4.44. The van der Waals surface area contributed by atoms with Gasteiger partial charge in [-0.3, -0.25) is 19.1 Å². The molecule has 0 N–H and O–H groups in total. The van der Waals surface area contributed by atoms with Gasteiger partial charge in [0.2, 0.25) is 0 Å². The molecule has 1 amide bonds. The van der Waals surface area contributed by atoms with Crippen molar-refractivity contribution in [3.63, 3.8) is 0 Å². The van der Waals surface area contributed by atoms with Gasteiger partial charge in [-0.2, -0.15) is 5.26 Å². The maximum Gasteiger partial charge on any atom is 0.270 e. The predicted molar refractivity (Wildman–Crippen MR) is 131 cm³/mol. The van der Waals surface area contributed by atoms with Crippen LogP contribution < -0.4 is 10.5 Å². The van der Waals surface area contributed by atoms with Crippen LogP contribution in [0.1, 0.15) is 57.2 Å². The second kappa shape index (κ2) is 9.58. The van der Waals surface area contributed by atoms with E-state index in [1.807, 2.05) is 19.9 Å². The molecule has 2 fully saturated rings. The molecular weight excluding hydrogens is 428 g/mol. The number of carbonyl (C=O) groups is 1. The molecule has 6 nitrogen and oxygen atoms in total. The molecule has 166 valence electrons. The number of thiocarbonyl (C=S) groups is 1. The van der Waals surface area contributed by atoms with Crippen molar-refractivity contribution in [3.05, 3.63) is 31.9 Å². The molecule has 3 rings (SSSR count). The van der Waals surface area contributed by atoms with Gasteiger partial charge in [0.1, 0.15) is 21.8 Å². The Morgan fingerprint density at radius 3 is 2.42 bits per heavy atom. The number of nitriles is 1. The van der Waals surface area contributed by atoms with Crippen molar-refractivity contribution in [2.24, 2.45) is 11.8 Å². The molecule has 2 saturated heterocycles. The third-order valence-electron chi connectivity index (χ3n) is 5.93. The number of hydrogen-bond acceptors (Lipinski definition) is 6. The van der Waals surface area contributed by atoms with E-state index in [1.54, 1.807) is 16.4 Å². The Balaban J connectivity index is 2.24. The summed E-state index contributed by atoms with van der Waals surface area (Å²) >= 11 is 6.72. The van der Waals surface area contributed by atoms with Crippen molar-refractivity contribution in [1.82, 2.24) is 9.47 Å². The van der Waals surface area contributed by atoms with E-state index >= 15 is 0 Å². The summed E-state index contributed by atoms with van der Waals surface area (Å²) in [7, 11) is 0. The van der Waals surface area contributed by atoms with Crippen molar-refractivity contribution < 1.29 is 4.79 Å². The molecule has 31 heavy (non-hydrogen) atoms. The monoisotopic (exact) mass is 458 g/mol. The van der Waals surface area contributed by atoms with E-state index in [2.05, 4.69) is 24.8 Å². The van der Waals surface area contributed by atoms with Gasteiger partial charge in [-0.25, -0.2) is 0 Å². The Bertz CT molecular complexity index is 1030. The van der Waals surface area contributed by atoms with E-state index < -0.39 is 0 Å². The maximum atomic E-state index is 13.1. The first-order valence-corrected chi connectivity index (χ1v) is 12.1. The summed E-state index contributed by atoms with van der Waals surface area (Å²) in [6.45, 7) is 12.9. The van der Waals surface area contributed by atoms with Crippen LogP contribution in [0.2, 0.25) is 0 Å². The van der Waals surface area contributed by atoms with Crippen LogP contribution in [0.15, 0.2) is 9.70 Å². The van der Waals surface area contributed by atoms with E-state index in [1.165, 1.54) is 11.8 Å². The largest absolute Gasteiger partial charge is 0.357 e. The summed E-state index contributed by atoms with van der Waals surface area (Å²) in [4.78, 5) is 30.5. The van der Waals surface area contributed by atoms with Gasteiger partial charge in [-0.05, 0) is 50.2 Å². The molecule has 1 aromatic rings. The van der Waals surface area contributed by atoms with E-state index in [-0.39, 0.29) is 17.0 Å². The number of carbonyl (C=O) groups excluding carboxylic acids is 1. The van der Waals surface area contributed by atoms with Gasteiger partial charge in [0, 0.05) is 31.7 Å². The standard InChI is InChI=1S/C23H30N4O2S2/c1-6-8-27-22(29)19(31-23(27)30)10-17-16(5)18(11-24)21(28)26(7-2)20(17)25-12-14(3)9-15(4)13-25/h10,14-15H,6-9,12-13H2,1-5H3/b19-10+. The summed E-state index contributed by atoms with van der Waals surface area (Å²) in [5.41, 5.74) is 1.27. The SMILES string of the molecule is CCCN1C(=O)/C(=C\c2c(C)c(C#N)c(=O)n(CC)c2N2CC(C)CC(C)C2)SC1=S. The molecule has 0 aliphatic carbocycles. The van der Waals surface area contributed by atoms with Crippen LogP contribution in [0.3, 0.4) is 0 Å². The number of aromatic nitrogens is 1. The van der Waals surface area contributed by atoms with Gasteiger partial charge in [0.15, 0.2) is 0 Å². The van der Waals surface area contributed by atoms with Crippen LogP contribution in [-0.4, -0.2) is 39.3 Å². The molecule has 8 heteroatoms. The van der Waals surface area contributed by atoms with Gasteiger partial charge < -0.3 is 4.90 Å². The fourth-order valence-corrected chi connectivity index (χ4v) is 5.95. The zero-order chi connectivity index (χ0) is 22.9. The molecule has 3 heterocycles. The molecule has 2 aliphatic rings. The van der Waals surface area contributed by atoms with Crippen LogP contribution in [0, 0.1) is 30.1 Å². The van der Waals surface area contributed by atoms with Crippen LogP contribution in [0.4, 0.5) is 5.82 Å². The Labute approximate surface area is 193 Å². The highest BCUT2D eigenvalue weighted by atomic mass is 32.2. The topological polar surface area (TPSA) is 69.3 Å². The van der Waals surface area contributed by atoms with Gasteiger partial charge in [-0.1, -0.05) is 44.8 Å². The first kappa shape index (κ1) is 23.6. The van der Waals surface area contributed by atoms with Crippen LogP contribution in [-0.2, 0) is 11.3 Å². The minimum absolute atomic E-state index is 0.102. The molecule has 0 saturated carbocycles. The number of amides is 1. The number of rotatable bonds is 5. The van der Waals surface area contributed by atoms with Crippen molar-refractivity contribution >= 4 is 46.1 Å². The Morgan fingerprint density at radius 1 is 1.23 bits per heavy atom. The van der Waals surface area contributed by atoms with Crippen LogP contribution >= 0.6 is 24.0 Å². The molecule has 2 atom stereocenters. The molecule has 0 radical (unpaired) electrons. The number of piperidine rings is 1. The summed E-state index contributed by atoms with van der Waals surface area (Å²) in [5.74, 6) is 1.70. The summed E-state index contributed by atoms with van der Waals surface area (Å²) in [6.07, 6.45) is 3.82. The van der Waals surface area contributed by atoms with Crippen molar-refractivity contribution in [2.75, 3.05) is 24.5 Å². The lowest BCUT2D eigenvalue weighted by molar-refractivity contribution is -0.122. The normalized spacial score (nSPS) is 23.0. The number of anilines is 1. The first-order chi connectivity index (χ1) is 14.7. The van der Waals surface area contributed by atoms with E-state index in [0.717, 1.165) is 37.3 Å². The van der Waals surface area contributed by atoms with E-state index in [9.17, 15) is 14.9 Å². The third-order valence-corrected chi connectivity index (χ3v) is 7.31. The average Bonchev–Trinajstić information content (AvgIpc) is 2.97. The summed E-state index contributed by atoms with van der Waals surface area (Å²) < 4.78 is 2.25.